The molecule has 1 aliphatic rings. The molecule has 0 aliphatic heterocycles. The summed E-state index contributed by atoms with van der Waals surface area (Å²) in [6.07, 6.45) is 10.1. The van der Waals surface area contributed by atoms with Crippen molar-refractivity contribution in [3.8, 4) is 5.95 Å². The van der Waals surface area contributed by atoms with Crippen LogP contribution in [0.5, 0.6) is 0 Å². The molecule has 2 aromatic heterocycles. The van der Waals surface area contributed by atoms with Gasteiger partial charge in [-0.05, 0) is 30.4 Å². The molecule has 0 radical (unpaired) electrons. The van der Waals surface area contributed by atoms with Crippen LogP contribution in [-0.2, 0) is 0 Å². The van der Waals surface area contributed by atoms with Gasteiger partial charge in [0.2, 0.25) is 5.95 Å². The van der Waals surface area contributed by atoms with Gasteiger partial charge in [-0.1, -0.05) is 36.8 Å². The van der Waals surface area contributed by atoms with E-state index < -0.39 is 0 Å². The Hall–Kier alpha value is -3.22. The highest BCUT2D eigenvalue weighted by Gasteiger charge is 2.29. The maximum atomic E-state index is 12.5. The maximum Gasteiger partial charge on any atom is 0.319 e. The normalized spacial score (nSPS) is 15.1. The molecule has 3 aromatic rings. The Balaban J connectivity index is 1.43. The van der Waals surface area contributed by atoms with E-state index in [0.717, 1.165) is 18.4 Å². The minimum atomic E-state index is -0.237. The first-order valence-electron chi connectivity index (χ1n) is 8.74. The van der Waals surface area contributed by atoms with Crippen molar-refractivity contribution >= 4 is 11.7 Å². The van der Waals surface area contributed by atoms with Crippen LogP contribution < -0.4 is 10.6 Å². The lowest BCUT2D eigenvalue weighted by molar-refractivity contribution is 0.216. The first-order chi connectivity index (χ1) is 12.8. The highest BCUT2D eigenvalue weighted by molar-refractivity contribution is 5.89. The Bertz CT molecular complexity index is 860. The number of carbonyl (C=O) groups excluding carboxylic acids is 1. The number of carbonyl (C=O) groups is 1. The topological polar surface area (TPSA) is 84.7 Å². The molecule has 0 bridgehead atoms. The van der Waals surface area contributed by atoms with E-state index in [1.807, 2.05) is 18.2 Å². The van der Waals surface area contributed by atoms with E-state index in [1.165, 1.54) is 11.1 Å². The molecule has 7 heteroatoms. The van der Waals surface area contributed by atoms with Gasteiger partial charge in [0.15, 0.2) is 0 Å². The largest absolute Gasteiger partial charge is 0.331 e. The molecule has 1 atom stereocenters. The number of aromatic nitrogens is 4. The van der Waals surface area contributed by atoms with Crippen molar-refractivity contribution in [1.29, 1.82) is 0 Å². The Kier molecular flexibility index (Phi) is 4.59. The molecular formula is C19H20N6O. The molecule has 1 fully saturated rings. The lowest BCUT2D eigenvalue weighted by atomic mass is 9.77. The Morgan fingerprint density at radius 2 is 1.88 bits per heavy atom. The first kappa shape index (κ1) is 16.3. The molecular weight excluding hydrogens is 328 g/mol. The van der Waals surface area contributed by atoms with Crippen LogP contribution in [-0.4, -0.2) is 25.8 Å². The summed E-state index contributed by atoms with van der Waals surface area (Å²) in [7, 11) is 0. The standard InChI is InChI=1S/C19H20N6O/c26-19(23-16-12-22-25(13-16)18-20-10-5-11-21-18)24-17(15-8-4-9-15)14-6-2-1-3-7-14/h1-3,5-7,10-13,15,17H,4,8-9H2,(H2,23,24,26)/t17-/m1/s1. The van der Waals surface area contributed by atoms with Crippen molar-refractivity contribution < 1.29 is 4.79 Å². The number of nitrogens with one attached hydrogen (secondary N) is 2. The Morgan fingerprint density at radius 1 is 1.12 bits per heavy atom. The number of rotatable bonds is 5. The molecule has 0 spiro atoms. The van der Waals surface area contributed by atoms with Crippen molar-refractivity contribution in [3.63, 3.8) is 0 Å². The fourth-order valence-corrected chi connectivity index (χ4v) is 3.12. The van der Waals surface area contributed by atoms with E-state index in [0.29, 0.717) is 17.6 Å². The van der Waals surface area contributed by atoms with Crippen molar-refractivity contribution in [3.05, 3.63) is 66.7 Å². The molecule has 26 heavy (non-hydrogen) atoms. The second-order valence-electron chi connectivity index (χ2n) is 6.40. The maximum absolute atomic E-state index is 12.5. The molecule has 1 aromatic carbocycles. The van der Waals surface area contributed by atoms with Crippen LogP contribution in [0.3, 0.4) is 0 Å². The highest BCUT2D eigenvalue weighted by atomic mass is 16.2. The summed E-state index contributed by atoms with van der Waals surface area (Å²) in [5.74, 6) is 0.946. The molecule has 1 aliphatic carbocycles. The van der Waals surface area contributed by atoms with Crippen LogP contribution in [0.2, 0.25) is 0 Å². The van der Waals surface area contributed by atoms with Crippen molar-refractivity contribution in [1.82, 2.24) is 25.1 Å². The molecule has 0 unspecified atom stereocenters. The van der Waals surface area contributed by atoms with Crippen LogP contribution in [0.1, 0.15) is 30.9 Å². The van der Waals surface area contributed by atoms with Crippen molar-refractivity contribution in [2.45, 2.75) is 25.3 Å². The van der Waals surface area contributed by atoms with Gasteiger partial charge in [-0.2, -0.15) is 5.10 Å². The third-order valence-electron chi connectivity index (χ3n) is 4.66. The third kappa shape index (κ3) is 3.56. The van der Waals surface area contributed by atoms with Crippen LogP contribution >= 0.6 is 0 Å². The van der Waals surface area contributed by atoms with Gasteiger partial charge in [-0.25, -0.2) is 19.4 Å². The molecule has 2 heterocycles. The van der Waals surface area contributed by atoms with E-state index in [4.69, 9.17) is 0 Å². The van der Waals surface area contributed by atoms with E-state index in [1.54, 1.807) is 30.9 Å². The molecule has 4 rings (SSSR count). The zero-order valence-electron chi connectivity index (χ0n) is 14.2. The van der Waals surface area contributed by atoms with E-state index in [2.05, 4.69) is 37.8 Å². The fourth-order valence-electron chi connectivity index (χ4n) is 3.12. The highest BCUT2D eigenvalue weighted by Crippen LogP contribution is 2.37. The lowest BCUT2D eigenvalue weighted by Crippen LogP contribution is -2.38. The summed E-state index contributed by atoms with van der Waals surface area (Å²) >= 11 is 0. The van der Waals surface area contributed by atoms with E-state index in [-0.39, 0.29) is 12.1 Å². The number of urea groups is 1. The Labute approximate surface area is 151 Å². The molecule has 132 valence electrons. The van der Waals surface area contributed by atoms with Crippen LogP contribution in [0.15, 0.2) is 61.2 Å². The summed E-state index contributed by atoms with van der Waals surface area (Å²) in [4.78, 5) is 20.8. The van der Waals surface area contributed by atoms with Crippen LogP contribution in [0.25, 0.3) is 5.95 Å². The lowest BCUT2D eigenvalue weighted by Gasteiger charge is -2.34. The molecule has 7 nitrogen and oxygen atoms in total. The predicted molar refractivity (Wildman–Crippen MR) is 97.8 cm³/mol. The molecule has 1 saturated carbocycles. The summed E-state index contributed by atoms with van der Waals surface area (Å²) in [5, 5.41) is 10.1. The first-order valence-corrected chi connectivity index (χ1v) is 8.74. The quantitative estimate of drug-likeness (QED) is 0.741. The number of benzene rings is 1. The van der Waals surface area contributed by atoms with Crippen molar-refractivity contribution in [2.75, 3.05) is 5.32 Å². The summed E-state index contributed by atoms with van der Waals surface area (Å²) in [6, 6.07) is 11.7. The third-order valence-corrected chi connectivity index (χ3v) is 4.66. The second-order valence-corrected chi connectivity index (χ2v) is 6.40. The zero-order valence-corrected chi connectivity index (χ0v) is 14.2. The predicted octanol–water partition coefficient (Wildman–Crippen LogP) is 3.33. The summed E-state index contributed by atoms with van der Waals surface area (Å²) < 4.78 is 1.52. The number of hydrogen-bond donors (Lipinski definition) is 2. The van der Waals surface area contributed by atoms with Gasteiger partial charge < -0.3 is 10.6 Å². The number of anilines is 1. The fraction of sp³-hybridized carbons (Fsp3) is 0.263. The van der Waals surface area contributed by atoms with Gasteiger partial charge in [0.25, 0.3) is 0 Å². The van der Waals surface area contributed by atoms with Gasteiger partial charge >= 0.3 is 6.03 Å². The van der Waals surface area contributed by atoms with E-state index >= 15 is 0 Å². The smallest absolute Gasteiger partial charge is 0.319 e. The number of hydrogen-bond acceptors (Lipinski definition) is 4. The van der Waals surface area contributed by atoms with Gasteiger partial charge in [-0.15, -0.1) is 0 Å². The number of nitrogens with zero attached hydrogens (tertiary/aromatic N) is 4. The van der Waals surface area contributed by atoms with Crippen molar-refractivity contribution in [2.24, 2.45) is 5.92 Å². The number of amides is 2. The summed E-state index contributed by atoms with van der Waals surface area (Å²) in [5.41, 5.74) is 1.73. The monoisotopic (exact) mass is 348 g/mol. The average Bonchev–Trinajstić information content (AvgIpc) is 3.09. The van der Waals surface area contributed by atoms with Crippen LogP contribution in [0, 0.1) is 5.92 Å². The van der Waals surface area contributed by atoms with Gasteiger partial charge in [-0.3, -0.25) is 0 Å². The minimum Gasteiger partial charge on any atom is -0.331 e. The van der Waals surface area contributed by atoms with E-state index in [9.17, 15) is 4.79 Å². The Morgan fingerprint density at radius 3 is 2.58 bits per heavy atom. The van der Waals surface area contributed by atoms with Gasteiger partial charge in [0.1, 0.15) is 0 Å². The molecule has 0 saturated heterocycles. The summed E-state index contributed by atoms with van der Waals surface area (Å²) in [6.45, 7) is 0. The molecule has 2 amide bonds. The average molecular weight is 348 g/mol. The van der Waals surface area contributed by atoms with Crippen LogP contribution in [0.4, 0.5) is 10.5 Å². The second kappa shape index (κ2) is 7.35. The zero-order chi connectivity index (χ0) is 17.8. The minimum absolute atomic E-state index is 0.0254. The molecule has 2 N–H and O–H groups in total. The SMILES string of the molecule is O=C(Nc1cnn(-c2ncccn2)c1)N[C@H](c1ccccc1)C1CCC1. The van der Waals surface area contributed by atoms with Gasteiger partial charge in [0.05, 0.1) is 24.1 Å². The van der Waals surface area contributed by atoms with Gasteiger partial charge in [0, 0.05) is 12.4 Å².